The van der Waals surface area contributed by atoms with Crippen LogP contribution in [-0.2, 0) is 23.2 Å². The van der Waals surface area contributed by atoms with Crippen molar-refractivity contribution in [1.29, 1.82) is 0 Å². The maximum atomic E-state index is 12.8. The first-order valence-electron chi connectivity index (χ1n) is 9.37. The number of imidazole rings is 1. The third kappa shape index (κ3) is 3.00. The quantitative estimate of drug-likeness (QED) is 0.762. The highest BCUT2D eigenvalue weighted by molar-refractivity contribution is 6.07. The van der Waals surface area contributed by atoms with Crippen molar-refractivity contribution >= 4 is 11.8 Å². The van der Waals surface area contributed by atoms with Gasteiger partial charge in [0.15, 0.2) is 5.82 Å². The van der Waals surface area contributed by atoms with Crippen LogP contribution >= 0.6 is 0 Å². The number of rotatable bonds is 5. The molecule has 2 aromatic heterocycles. The largest absolute Gasteiger partial charge is 0.369 e. The van der Waals surface area contributed by atoms with Crippen LogP contribution in [0, 0.1) is 12.3 Å². The molecule has 2 fully saturated rings. The van der Waals surface area contributed by atoms with E-state index in [1.54, 1.807) is 11.1 Å². The van der Waals surface area contributed by atoms with Gasteiger partial charge in [0.05, 0.1) is 6.54 Å². The molecule has 1 atom stereocenters. The van der Waals surface area contributed by atoms with E-state index in [-0.39, 0.29) is 11.8 Å². The summed E-state index contributed by atoms with van der Waals surface area (Å²) in [5, 5.41) is 8.76. The van der Waals surface area contributed by atoms with Gasteiger partial charge in [-0.2, -0.15) is 0 Å². The Balaban J connectivity index is 1.50. The molecule has 3 heterocycles. The zero-order valence-corrected chi connectivity index (χ0v) is 15.8. The Morgan fingerprint density at radius 2 is 2.11 bits per heavy atom. The molecule has 1 saturated heterocycles. The number of likely N-dealkylation sites (tertiary alicyclic amines) is 1. The zero-order valence-electron chi connectivity index (χ0n) is 15.8. The van der Waals surface area contributed by atoms with E-state index in [9.17, 15) is 9.59 Å². The van der Waals surface area contributed by atoms with Gasteiger partial charge in [-0.05, 0) is 32.6 Å². The summed E-state index contributed by atoms with van der Waals surface area (Å²) in [6.07, 6.45) is 6.66. The van der Waals surface area contributed by atoms with Crippen molar-refractivity contribution in [2.24, 2.45) is 18.2 Å². The van der Waals surface area contributed by atoms with E-state index in [2.05, 4.69) is 15.2 Å². The third-order valence-corrected chi connectivity index (χ3v) is 5.94. The molecule has 0 spiro atoms. The zero-order chi connectivity index (χ0) is 19.2. The van der Waals surface area contributed by atoms with Crippen LogP contribution in [0.3, 0.4) is 0 Å². The molecule has 2 amide bonds. The van der Waals surface area contributed by atoms with E-state index in [1.807, 2.05) is 29.3 Å². The standard InChI is InChI=1S/C18H25N7O2/c1-12-20-7-9-24(12)11-14-21-22-15(23(14)2)13-4-3-8-25(10-13)17(27)18(5-6-18)16(19)26/h7,9,13H,3-6,8,10-11H2,1-2H3,(H2,19,26)/t13-/m0/s1. The highest BCUT2D eigenvalue weighted by Gasteiger charge is 2.57. The number of aromatic nitrogens is 5. The highest BCUT2D eigenvalue weighted by Crippen LogP contribution is 2.47. The number of piperidine rings is 1. The molecule has 2 N–H and O–H groups in total. The summed E-state index contributed by atoms with van der Waals surface area (Å²) in [7, 11) is 1.96. The van der Waals surface area contributed by atoms with Gasteiger partial charge < -0.3 is 19.8 Å². The van der Waals surface area contributed by atoms with Crippen LogP contribution in [-0.4, -0.2) is 54.1 Å². The predicted molar refractivity (Wildman–Crippen MR) is 96.5 cm³/mol. The molecule has 0 aromatic carbocycles. The Morgan fingerprint density at radius 1 is 1.33 bits per heavy atom. The van der Waals surface area contributed by atoms with Crippen molar-refractivity contribution in [3.63, 3.8) is 0 Å². The number of carbonyl (C=O) groups excluding carboxylic acids is 2. The van der Waals surface area contributed by atoms with Crippen LogP contribution in [0.15, 0.2) is 12.4 Å². The minimum atomic E-state index is -0.952. The molecule has 0 bridgehead atoms. The summed E-state index contributed by atoms with van der Waals surface area (Å²) in [6, 6.07) is 0. The summed E-state index contributed by atoms with van der Waals surface area (Å²) in [5.74, 6) is 2.16. The Labute approximate surface area is 157 Å². The predicted octanol–water partition coefficient (Wildman–Crippen LogP) is 0.340. The molecule has 144 valence electrons. The fraction of sp³-hybridized carbons (Fsp3) is 0.611. The van der Waals surface area contributed by atoms with Gasteiger partial charge in [-0.15, -0.1) is 10.2 Å². The Morgan fingerprint density at radius 3 is 2.74 bits per heavy atom. The minimum absolute atomic E-state index is 0.113. The van der Waals surface area contributed by atoms with Gasteiger partial charge in [0.2, 0.25) is 11.8 Å². The Bertz CT molecular complexity index is 880. The first kappa shape index (κ1) is 17.7. The van der Waals surface area contributed by atoms with Crippen LogP contribution in [0.4, 0.5) is 0 Å². The van der Waals surface area contributed by atoms with Crippen LogP contribution in [0.25, 0.3) is 0 Å². The second kappa shape index (κ2) is 6.47. The molecular weight excluding hydrogens is 346 g/mol. The van der Waals surface area contributed by atoms with E-state index in [1.165, 1.54) is 0 Å². The van der Waals surface area contributed by atoms with Crippen molar-refractivity contribution in [1.82, 2.24) is 29.2 Å². The second-order valence-electron chi connectivity index (χ2n) is 7.67. The molecule has 9 nitrogen and oxygen atoms in total. The molecule has 4 rings (SSSR count). The van der Waals surface area contributed by atoms with E-state index in [0.717, 1.165) is 30.3 Å². The SMILES string of the molecule is Cc1nccn1Cc1nnc([C@H]2CCCN(C(=O)C3(C(N)=O)CC3)C2)n1C. The molecule has 2 aliphatic rings. The number of amides is 2. The van der Waals surface area contributed by atoms with Gasteiger partial charge in [0, 0.05) is 38.4 Å². The van der Waals surface area contributed by atoms with Gasteiger partial charge in [-0.3, -0.25) is 9.59 Å². The van der Waals surface area contributed by atoms with Crippen molar-refractivity contribution in [3.05, 3.63) is 29.9 Å². The van der Waals surface area contributed by atoms with Crippen molar-refractivity contribution in [2.75, 3.05) is 13.1 Å². The lowest BCUT2D eigenvalue weighted by molar-refractivity contribution is -0.144. The summed E-state index contributed by atoms with van der Waals surface area (Å²) in [6.45, 7) is 3.79. The van der Waals surface area contributed by atoms with Gasteiger partial charge in [-0.1, -0.05) is 0 Å². The fourth-order valence-electron chi connectivity index (χ4n) is 3.96. The van der Waals surface area contributed by atoms with E-state index in [0.29, 0.717) is 32.5 Å². The van der Waals surface area contributed by atoms with Crippen molar-refractivity contribution < 1.29 is 9.59 Å². The normalized spacial score (nSPS) is 21.3. The van der Waals surface area contributed by atoms with Crippen LogP contribution in [0.1, 0.15) is 49.1 Å². The Hall–Kier alpha value is -2.71. The summed E-state index contributed by atoms with van der Waals surface area (Å²) < 4.78 is 4.03. The third-order valence-electron chi connectivity index (χ3n) is 5.94. The molecule has 1 aliphatic carbocycles. The molecule has 27 heavy (non-hydrogen) atoms. The number of primary amides is 1. The van der Waals surface area contributed by atoms with Gasteiger partial charge in [0.1, 0.15) is 17.1 Å². The van der Waals surface area contributed by atoms with Gasteiger partial charge in [0.25, 0.3) is 0 Å². The second-order valence-corrected chi connectivity index (χ2v) is 7.67. The lowest BCUT2D eigenvalue weighted by Gasteiger charge is -2.34. The number of hydrogen-bond donors (Lipinski definition) is 1. The smallest absolute Gasteiger partial charge is 0.238 e. The molecule has 2 aromatic rings. The van der Waals surface area contributed by atoms with Gasteiger partial charge in [-0.25, -0.2) is 4.98 Å². The van der Waals surface area contributed by atoms with Crippen LogP contribution in [0.2, 0.25) is 0 Å². The van der Waals surface area contributed by atoms with Gasteiger partial charge >= 0.3 is 0 Å². The molecule has 0 unspecified atom stereocenters. The average molecular weight is 371 g/mol. The highest BCUT2D eigenvalue weighted by atomic mass is 16.2. The lowest BCUT2D eigenvalue weighted by Crippen LogP contribution is -2.47. The maximum Gasteiger partial charge on any atom is 0.238 e. The molecule has 0 radical (unpaired) electrons. The van der Waals surface area contributed by atoms with E-state index >= 15 is 0 Å². The van der Waals surface area contributed by atoms with Crippen LogP contribution < -0.4 is 5.73 Å². The van der Waals surface area contributed by atoms with Crippen LogP contribution in [0.5, 0.6) is 0 Å². The Kier molecular flexibility index (Phi) is 4.24. The summed E-state index contributed by atoms with van der Waals surface area (Å²) in [4.78, 5) is 30.5. The topological polar surface area (TPSA) is 112 Å². The summed E-state index contributed by atoms with van der Waals surface area (Å²) in [5.41, 5.74) is 4.52. The number of nitrogens with two attached hydrogens (primary N) is 1. The minimum Gasteiger partial charge on any atom is -0.369 e. The molecule has 1 aliphatic heterocycles. The maximum absolute atomic E-state index is 12.8. The first-order valence-corrected chi connectivity index (χ1v) is 9.37. The first-order chi connectivity index (χ1) is 12.9. The lowest BCUT2D eigenvalue weighted by atomic mass is 9.94. The number of hydrogen-bond acceptors (Lipinski definition) is 5. The molecule has 9 heteroatoms. The van der Waals surface area contributed by atoms with E-state index in [4.69, 9.17) is 5.73 Å². The molecule has 1 saturated carbocycles. The van der Waals surface area contributed by atoms with E-state index < -0.39 is 11.3 Å². The number of carbonyl (C=O) groups is 2. The number of aryl methyl sites for hydroxylation is 1. The summed E-state index contributed by atoms with van der Waals surface area (Å²) >= 11 is 0. The fourth-order valence-corrected chi connectivity index (χ4v) is 3.96. The monoisotopic (exact) mass is 371 g/mol. The van der Waals surface area contributed by atoms with Crippen molar-refractivity contribution in [2.45, 2.75) is 45.1 Å². The number of nitrogens with zero attached hydrogens (tertiary/aromatic N) is 6. The molecular formula is C18H25N7O2. The van der Waals surface area contributed by atoms with Crippen molar-refractivity contribution in [3.8, 4) is 0 Å². The average Bonchev–Trinajstić information content (AvgIpc) is 3.27.